The summed E-state index contributed by atoms with van der Waals surface area (Å²) in [5.74, 6) is -0.148. The van der Waals surface area contributed by atoms with Crippen molar-refractivity contribution in [2.24, 2.45) is 5.10 Å². The highest BCUT2D eigenvalue weighted by Gasteiger charge is 2.31. The number of rotatable bonds is 3. The summed E-state index contributed by atoms with van der Waals surface area (Å²) in [5.41, 5.74) is 3.76. The Balaban J connectivity index is 1.82. The van der Waals surface area contributed by atoms with E-state index in [9.17, 15) is 4.79 Å². The first-order chi connectivity index (χ1) is 12.7. The number of hydrazone groups is 1. The van der Waals surface area contributed by atoms with Crippen LogP contribution in [0.5, 0.6) is 0 Å². The predicted molar refractivity (Wildman–Crippen MR) is 106 cm³/mol. The van der Waals surface area contributed by atoms with Crippen LogP contribution in [0.1, 0.15) is 11.1 Å². The maximum absolute atomic E-state index is 13.1. The zero-order valence-electron chi connectivity index (χ0n) is 13.8. The van der Waals surface area contributed by atoms with Crippen LogP contribution in [0.4, 0.5) is 5.69 Å². The smallest absolute Gasteiger partial charge is 0.267 e. The second-order valence-corrected chi connectivity index (χ2v) is 6.31. The average molecular weight is 359 g/mol. The van der Waals surface area contributed by atoms with E-state index in [1.807, 2.05) is 91.0 Å². The van der Waals surface area contributed by atoms with E-state index in [2.05, 4.69) is 5.10 Å². The zero-order chi connectivity index (χ0) is 17.9. The monoisotopic (exact) mass is 358 g/mol. The molecule has 0 unspecified atom stereocenters. The van der Waals surface area contributed by atoms with Gasteiger partial charge in [-0.05, 0) is 35.9 Å². The van der Waals surface area contributed by atoms with Crippen molar-refractivity contribution in [3.63, 3.8) is 0 Å². The van der Waals surface area contributed by atoms with Gasteiger partial charge in [-0.3, -0.25) is 4.79 Å². The molecule has 3 nitrogen and oxygen atoms in total. The first-order valence-electron chi connectivity index (χ1n) is 8.23. The Hall–Kier alpha value is -3.17. The van der Waals surface area contributed by atoms with Crippen molar-refractivity contribution in [2.45, 2.75) is 0 Å². The van der Waals surface area contributed by atoms with Gasteiger partial charge in [0, 0.05) is 10.6 Å². The minimum atomic E-state index is -0.148. The van der Waals surface area contributed by atoms with Crippen molar-refractivity contribution in [2.75, 3.05) is 5.01 Å². The molecule has 126 valence electrons. The maximum atomic E-state index is 13.1. The van der Waals surface area contributed by atoms with Crippen molar-refractivity contribution >= 4 is 35.0 Å². The predicted octanol–water partition coefficient (Wildman–Crippen LogP) is 5.17. The van der Waals surface area contributed by atoms with E-state index >= 15 is 0 Å². The van der Waals surface area contributed by atoms with Gasteiger partial charge in [-0.15, -0.1) is 0 Å². The lowest BCUT2D eigenvalue weighted by molar-refractivity contribution is -0.114. The van der Waals surface area contributed by atoms with Gasteiger partial charge in [0.1, 0.15) is 5.71 Å². The molecule has 0 aliphatic carbocycles. The number of anilines is 1. The average Bonchev–Trinajstić information content (AvgIpc) is 3.01. The number of nitrogens with zero attached hydrogens (tertiary/aromatic N) is 2. The largest absolute Gasteiger partial charge is 0.281 e. The first kappa shape index (κ1) is 16.3. The molecule has 26 heavy (non-hydrogen) atoms. The van der Waals surface area contributed by atoms with Gasteiger partial charge in [0.25, 0.3) is 5.91 Å². The van der Waals surface area contributed by atoms with Gasteiger partial charge in [0.05, 0.1) is 11.3 Å². The molecule has 0 radical (unpaired) electrons. The Labute approximate surface area is 156 Å². The summed E-state index contributed by atoms with van der Waals surface area (Å²) in [5, 5.41) is 6.72. The highest BCUT2D eigenvalue weighted by Crippen LogP contribution is 2.27. The Morgan fingerprint density at radius 2 is 1.42 bits per heavy atom. The fourth-order valence-corrected chi connectivity index (χ4v) is 2.95. The van der Waals surface area contributed by atoms with Crippen LogP contribution in [-0.4, -0.2) is 11.6 Å². The summed E-state index contributed by atoms with van der Waals surface area (Å²) in [7, 11) is 0. The van der Waals surface area contributed by atoms with Crippen LogP contribution in [0.25, 0.3) is 6.08 Å². The molecule has 0 atom stereocenters. The summed E-state index contributed by atoms with van der Waals surface area (Å²) < 4.78 is 0. The molecule has 0 saturated carbocycles. The molecule has 0 saturated heterocycles. The van der Waals surface area contributed by atoms with Crippen molar-refractivity contribution in [3.8, 4) is 0 Å². The van der Waals surface area contributed by atoms with E-state index in [0.29, 0.717) is 16.3 Å². The fourth-order valence-electron chi connectivity index (χ4n) is 2.82. The van der Waals surface area contributed by atoms with E-state index in [-0.39, 0.29) is 5.91 Å². The van der Waals surface area contributed by atoms with Crippen LogP contribution in [0.3, 0.4) is 0 Å². The van der Waals surface area contributed by atoms with Gasteiger partial charge < -0.3 is 0 Å². The van der Waals surface area contributed by atoms with Crippen LogP contribution in [-0.2, 0) is 4.79 Å². The Kier molecular flexibility index (Phi) is 4.38. The van der Waals surface area contributed by atoms with Crippen LogP contribution in [0, 0.1) is 0 Å². The fraction of sp³-hybridized carbons (Fsp3) is 0. The van der Waals surface area contributed by atoms with Crippen LogP contribution in [0.2, 0.25) is 5.02 Å². The highest BCUT2D eigenvalue weighted by molar-refractivity contribution is 6.37. The number of carbonyl (C=O) groups is 1. The number of hydrogen-bond acceptors (Lipinski definition) is 2. The number of benzene rings is 3. The SMILES string of the molecule is O=C1/C(=C\c2ccc(Cl)cc2)C(c2ccccc2)=NN1c1ccccc1. The van der Waals surface area contributed by atoms with Gasteiger partial charge in [-0.1, -0.05) is 72.3 Å². The molecule has 0 aromatic heterocycles. The molecule has 1 heterocycles. The molecular formula is C22H15ClN2O. The topological polar surface area (TPSA) is 32.7 Å². The van der Waals surface area contributed by atoms with E-state index in [1.165, 1.54) is 5.01 Å². The number of hydrogen-bond donors (Lipinski definition) is 0. The Morgan fingerprint density at radius 3 is 2.08 bits per heavy atom. The molecule has 0 fully saturated rings. The minimum absolute atomic E-state index is 0.148. The molecule has 1 aliphatic heterocycles. The molecular weight excluding hydrogens is 344 g/mol. The number of amides is 1. The van der Waals surface area contributed by atoms with Crippen LogP contribution >= 0.6 is 11.6 Å². The van der Waals surface area contributed by atoms with Gasteiger partial charge in [-0.25, -0.2) is 0 Å². The highest BCUT2D eigenvalue weighted by atomic mass is 35.5. The van der Waals surface area contributed by atoms with Crippen LogP contribution in [0.15, 0.2) is 95.6 Å². The summed E-state index contributed by atoms with van der Waals surface area (Å²) >= 11 is 5.97. The third-order valence-electron chi connectivity index (χ3n) is 4.11. The quantitative estimate of drug-likeness (QED) is 0.594. The third-order valence-corrected chi connectivity index (χ3v) is 4.36. The van der Waals surface area contributed by atoms with Crippen molar-refractivity contribution in [1.82, 2.24) is 0 Å². The zero-order valence-corrected chi connectivity index (χ0v) is 14.6. The Bertz CT molecular complexity index is 993. The van der Waals surface area contributed by atoms with Gasteiger partial charge in [0.15, 0.2) is 0 Å². The van der Waals surface area contributed by atoms with Crippen molar-refractivity contribution < 1.29 is 4.79 Å². The van der Waals surface area contributed by atoms with E-state index in [1.54, 1.807) is 0 Å². The molecule has 3 aromatic carbocycles. The van der Waals surface area contributed by atoms with Gasteiger partial charge in [0.2, 0.25) is 0 Å². The van der Waals surface area contributed by atoms with Gasteiger partial charge >= 0.3 is 0 Å². The number of halogens is 1. The lowest BCUT2D eigenvalue weighted by Crippen LogP contribution is -2.21. The third kappa shape index (κ3) is 3.17. The lowest BCUT2D eigenvalue weighted by atomic mass is 10.0. The molecule has 1 aliphatic rings. The first-order valence-corrected chi connectivity index (χ1v) is 8.61. The van der Waals surface area contributed by atoms with E-state index in [4.69, 9.17) is 11.6 Å². The molecule has 4 rings (SSSR count). The summed E-state index contributed by atoms with van der Waals surface area (Å²) in [6, 6.07) is 26.5. The lowest BCUT2D eigenvalue weighted by Gasteiger charge is -2.10. The molecule has 0 bridgehead atoms. The van der Waals surface area contributed by atoms with Crippen molar-refractivity contribution in [3.05, 3.63) is 107 Å². The summed E-state index contributed by atoms with van der Waals surface area (Å²) in [6.07, 6.45) is 1.85. The number of carbonyl (C=O) groups excluding carboxylic acids is 1. The standard InChI is InChI=1S/C22H15ClN2O/c23-18-13-11-16(12-14-18)15-20-21(17-7-3-1-4-8-17)24-25(22(20)26)19-9-5-2-6-10-19/h1-15H/b20-15-. The molecule has 0 N–H and O–H groups in total. The number of para-hydroxylation sites is 1. The minimum Gasteiger partial charge on any atom is -0.267 e. The maximum Gasteiger partial charge on any atom is 0.281 e. The molecule has 1 amide bonds. The molecule has 4 heteroatoms. The summed E-state index contributed by atoms with van der Waals surface area (Å²) in [4.78, 5) is 13.1. The van der Waals surface area contributed by atoms with E-state index < -0.39 is 0 Å². The second-order valence-electron chi connectivity index (χ2n) is 5.88. The van der Waals surface area contributed by atoms with Crippen LogP contribution < -0.4 is 5.01 Å². The molecule has 3 aromatic rings. The second kappa shape index (κ2) is 6.98. The molecule has 0 spiro atoms. The van der Waals surface area contributed by atoms with Crippen molar-refractivity contribution in [1.29, 1.82) is 0 Å². The summed E-state index contributed by atoms with van der Waals surface area (Å²) in [6.45, 7) is 0. The van der Waals surface area contributed by atoms with E-state index in [0.717, 1.165) is 16.8 Å². The normalized spacial score (nSPS) is 15.4. The Morgan fingerprint density at radius 1 is 0.808 bits per heavy atom. The van der Waals surface area contributed by atoms with Gasteiger partial charge in [-0.2, -0.15) is 10.1 Å².